The molecule has 0 radical (unpaired) electrons. The van der Waals surface area contributed by atoms with Gasteiger partial charge in [0, 0.05) is 18.7 Å². The first-order valence-electron chi connectivity index (χ1n) is 6.51. The Balaban J connectivity index is 1.75. The standard InChI is InChI=1S/C15H16N2O4/c18-14(19)10-11-3-5-12(6-4-11)17-15(20)16-8-7-13-2-1-9-21-13/h1-6,9H,7-8,10H2,(H,18,19)(H2,16,17,20). The summed E-state index contributed by atoms with van der Waals surface area (Å²) in [7, 11) is 0. The van der Waals surface area contributed by atoms with Crippen LogP contribution in [0, 0.1) is 0 Å². The third kappa shape index (κ3) is 5.02. The Morgan fingerprint density at radius 2 is 1.90 bits per heavy atom. The molecule has 0 saturated heterocycles. The third-order valence-corrected chi connectivity index (χ3v) is 2.80. The van der Waals surface area contributed by atoms with Gasteiger partial charge in [-0.1, -0.05) is 12.1 Å². The van der Waals surface area contributed by atoms with Crippen molar-refractivity contribution < 1.29 is 19.1 Å². The average Bonchev–Trinajstić information content (AvgIpc) is 2.93. The number of hydrogen-bond donors (Lipinski definition) is 3. The lowest BCUT2D eigenvalue weighted by Gasteiger charge is -2.07. The summed E-state index contributed by atoms with van der Waals surface area (Å²) >= 11 is 0. The number of carboxylic acid groups (broad SMARTS) is 1. The fourth-order valence-electron chi connectivity index (χ4n) is 1.81. The zero-order chi connectivity index (χ0) is 15.1. The molecule has 6 heteroatoms. The number of furan rings is 1. The summed E-state index contributed by atoms with van der Waals surface area (Å²) in [6, 6.07) is 10.0. The molecule has 2 amide bonds. The molecule has 1 aromatic carbocycles. The van der Waals surface area contributed by atoms with Gasteiger partial charge in [-0.2, -0.15) is 0 Å². The molecule has 3 N–H and O–H groups in total. The predicted molar refractivity (Wildman–Crippen MR) is 77.2 cm³/mol. The minimum atomic E-state index is -0.883. The number of hydrogen-bond acceptors (Lipinski definition) is 3. The van der Waals surface area contributed by atoms with Crippen LogP contribution in [0.3, 0.4) is 0 Å². The second kappa shape index (κ2) is 7.14. The number of amides is 2. The zero-order valence-electron chi connectivity index (χ0n) is 11.3. The highest BCUT2D eigenvalue weighted by Crippen LogP contribution is 2.10. The van der Waals surface area contributed by atoms with Crippen LogP contribution < -0.4 is 10.6 Å². The predicted octanol–water partition coefficient (Wildman–Crippen LogP) is 2.27. The summed E-state index contributed by atoms with van der Waals surface area (Å²) in [6.45, 7) is 0.469. The first-order chi connectivity index (χ1) is 10.1. The minimum Gasteiger partial charge on any atom is -0.481 e. The van der Waals surface area contributed by atoms with E-state index in [0.717, 1.165) is 5.76 Å². The Hall–Kier alpha value is -2.76. The Morgan fingerprint density at radius 1 is 1.14 bits per heavy atom. The van der Waals surface area contributed by atoms with Crippen molar-refractivity contribution in [3.63, 3.8) is 0 Å². The summed E-state index contributed by atoms with van der Waals surface area (Å²) < 4.78 is 5.16. The molecule has 0 atom stereocenters. The van der Waals surface area contributed by atoms with E-state index in [0.29, 0.717) is 24.2 Å². The lowest BCUT2D eigenvalue weighted by molar-refractivity contribution is -0.136. The number of carbonyl (C=O) groups excluding carboxylic acids is 1. The van der Waals surface area contributed by atoms with E-state index >= 15 is 0 Å². The van der Waals surface area contributed by atoms with E-state index in [4.69, 9.17) is 9.52 Å². The monoisotopic (exact) mass is 288 g/mol. The van der Waals surface area contributed by atoms with Crippen molar-refractivity contribution in [1.29, 1.82) is 0 Å². The second-order valence-electron chi connectivity index (χ2n) is 4.48. The minimum absolute atomic E-state index is 0.0321. The van der Waals surface area contributed by atoms with Crippen molar-refractivity contribution in [2.75, 3.05) is 11.9 Å². The van der Waals surface area contributed by atoms with Crippen LogP contribution in [0.5, 0.6) is 0 Å². The van der Waals surface area contributed by atoms with E-state index in [1.807, 2.05) is 6.07 Å². The highest BCUT2D eigenvalue weighted by molar-refractivity contribution is 5.89. The molecule has 0 unspecified atom stereocenters. The van der Waals surface area contributed by atoms with Crippen LogP contribution in [0.4, 0.5) is 10.5 Å². The first kappa shape index (κ1) is 14.6. The van der Waals surface area contributed by atoms with Gasteiger partial charge in [0.25, 0.3) is 0 Å². The quantitative estimate of drug-likeness (QED) is 0.760. The largest absolute Gasteiger partial charge is 0.481 e. The molecule has 21 heavy (non-hydrogen) atoms. The van der Waals surface area contributed by atoms with E-state index in [1.54, 1.807) is 36.6 Å². The van der Waals surface area contributed by atoms with Gasteiger partial charge in [-0.05, 0) is 29.8 Å². The van der Waals surface area contributed by atoms with Gasteiger partial charge in [-0.15, -0.1) is 0 Å². The number of carboxylic acids is 1. The van der Waals surface area contributed by atoms with Crippen molar-refractivity contribution in [3.05, 3.63) is 54.0 Å². The number of nitrogens with one attached hydrogen (secondary N) is 2. The molecule has 0 fully saturated rings. The SMILES string of the molecule is O=C(O)Cc1ccc(NC(=O)NCCc2ccco2)cc1. The molecular weight excluding hydrogens is 272 g/mol. The van der Waals surface area contributed by atoms with Crippen molar-refractivity contribution in [1.82, 2.24) is 5.32 Å². The molecule has 2 rings (SSSR count). The van der Waals surface area contributed by atoms with Gasteiger partial charge < -0.3 is 20.2 Å². The molecule has 0 aliphatic heterocycles. The Morgan fingerprint density at radius 3 is 2.52 bits per heavy atom. The van der Waals surface area contributed by atoms with E-state index < -0.39 is 5.97 Å². The van der Waals surface area contributed by atoms with Crippen LogP contribution in [0.1, 0.15) is 11.3 Å². The van der Waals surface area contributed by atoms with Crippen LogP contribution in [-0.4, -0.2) is 23.7 Å². The van der Waals surface area contributed by atoms with Gasteiger partial charge in [-0.25, -0.2) is 4.79 Å². The number of rotatable bonds is 6. The number of benzene rings is 1. The summed E-state index contributed by atoms with van der Waals surface area (Å²) in [6.07, 6.45) is 2.18. The first-order valence-corrected chi connectivity index (χ1v) is 6.51. The number of carbonyl (C=O) groups is 2. The highest BCUT2D eigenvalue weighted by Gasteiger charge is 2.04. The highest BCUT2D eigenvalue weighted by atomic mass is 16.4. The zero-order valence-corrected chi connectivity index (χ0v) is 11.3. The topological polar surface area (TPSA) is 91.6 Å². The Kier molecular flexibility index (Phi) is 4.98. The van der Waals surface area contributed by atoms with Crippen LogP contribution in [0.15, 0.2) is 47.1 Å². The smallest absolute Gasteiger partial charge is 0.319 e. The van der Waals surface area contributed by atoms with E-state index in [9.17, 15) is 9.59 Å². The summed E-state index contributed by atoms with van der Waals surface area (Å²) in [4.78, 5) is 22.2. The number of urea groups is 1. The Bertz CT molecular complexity index is 591. The average molecular weight is 288 g/mol. The Labute approximate surface area is 121 Å². The summed E-state index contributed by atoms with van der Waals surface area (Å²) in [5.74, 6) is -0.0697. The molecule has 1 aromatic heterocycles. The molecule has 0 bridgehead atoms. The molecule has 0 aliphatic rings. The third-order valence-electron chi connectivity index (χ3n) is 2.80. The van der Waals surface area contributed by atoms with Crippen LogP contribution in [0.2, 0.25) is 0 Å². The lowest BCUT2D eigenvalue weighted by atomic mass is 10.1. The van der Waals surface area contributed by atoms with Gasteiger partial charge in [-0.3, -0.25) is 4.79 Å². The molecule has 0 saturated carbocycles. The van der Waals surface area contributed by atoms with Crippen molar-refractivity contribution in [3.8, 4) is 0 Å². The van der Waals surface area contributed by atoms with Gasteiger partial charge in [0.05, 0.1) is 12.7 Å². The lowest BCUT2D eigenvalue weighted by Crippen LogP contribution is -2.30. The molecule has 110 valence electrons. The maximum atomic E-state index is 11.7. The maximum absolute atomic E-state index is 11.7. The molecule has 2 aromatic rings. The number of anilines is 1. The van der Waals surface area contributed by atoms with Crippen molar-refractivity contribution in [2.24, 2.45) is 0 Å². The van der Waals surface area contributed by atoms with E-state index in [1.165, 1.54) is 0 Å². The van der Waals surface area contributed by atoms with Crippen LogP contribution in [-0.2, 0) is 17.6 Å². The fourth-order valence-corrected chi connectivity index (χ4v) is 1.81. The van der Waals surface area contributed by atoms with Gasteiger partial charge in [0.15, 0.2) is 0 Å². The van der Waals surface area contributed by atoms with Crippen molar-refractivity contribution >= 4 is 17.7 Å². The van der Waals surface area contributed by atoms with Gasteiger partial charge in [0.1, 0.15) is 5.76 Å². The van der Waals surface area contributed by atoms with Crippen LogP contribution in [0.25, 0.3) is 0 Å². The fraction of sp³-hybridized carbons (Fsp3) is 0.200. The molecule has 0 aliphatic carbocycles. The maximum Gasteiger partial charge on any atom is 0.319 e. The van der Waals surface area contributed by atoms with Crippen molar-refractivity contribution in [2.45, 2.75) is 12.8 Å². The normalized spacial score (nSPS) is 10.1. The molecule has 6 nitrogen and oxygen atoms in total. The molecular formula is C15H16N2O4. The number of aliphatic carboxylic acids is 1. The summed E-state index contributed by atoms with van der Waals surface area (Å²) in [5, 5.41) is 14.1. The molecule has 0 spiro atoms. The second-order valence-corrected chi connectivity index (χ2v) is 4.48. The van der Waals surface area contributed by atoms with Gasteiger partial charge >= 0.3 is 12.0 Å². The van der Waals surface area contributed by atoms with E-state index in [2.05, 4.69) is 10.6 Å². The molecule has 1 heterocycles. The van der Waals surface area contributed by atoms with Gasteiger partial charge in [0.2, 0.25) is 0 Å². The summed E-state index contributed by atoms with van der Waals surface area (Å²) in [5.41, 5.74) is 1.30. The van der Waals surface area contributed by atoms with E-state index in [-0.39, 0.29) is 12.5 Å². The van der Waals surface area contributed by atoms with Crippen LogP contribution >= 0.6 is 0 Å².